The summed E-state index contributed by atoms with van der Waals surface area (Å²) in [5, 5.41) is 49.8. The highest BCUT2D eigenvalue weighted by atomic mass is 16.5. The Morgan fingerprint density at radius 2 is 1.72 bits per heavy atom. The van der Waals surface area contributed by atoms with Gasteiger partial charge in [0, 0.05) is 30.7 Å². The van der Waals surface area contributed by atoms with Gasteiger partial charge in [-0.05, 0) is 56.6 Å². The van der Waals surface area contributed by atoms with Crippen molar-refractivity contribution in [2.24, 2.45) is 35.0 Å². The number of aliphatic hydroxyl groups is 4. The van der Waals surface area contributed by atoms with E-state index in [1.807, 2.05) is 37.3 Å². The number of esters is 1. The fraction of sp³-hybridized carbons (Fsp3) is 0.633. The standard InChI is InChI=1S/C30H39NO8/c1-13-11-19-21(26(36)30(13,38)16(4)32)27(39-17(5)33)29-22(14(2)15(3)24(34)23(29)25(19)35)20(31-28(29)37)12-18-9-7-6-8-10-18/h6-10,13,19-27,34-36,38H,11-12H2,1-5H3,(H,31,37). The maximum atomic E-state index is 14.3. The van der Waals surface area contributed by atoms with E-state index in [9.17, 15) is 34.8 Å². The van der Waals surface area contributed by atoms with Gasteiger partial charge in [0.1, 0.15) is 11.5 Å². The Balaban J connectivity index is 1.74. The molecule has 1 aromatic carbocycles. The van der Waals surface area contributed by atoms with Crippen LogP contribution in [0.3, 0.4) is 0 Å². The van der Waals surface area contributed by atoms with Crippen molar-refractivity contribution >= 4 is 17.7 Å². The van der Waals surface area contributed by atoms with Crippen molar-refractivity contribution in [3.8, 4) is 0 Å². The first kappa shape index (κ1) is 28.0. The Labute approximate surface area is 228 Å². The molecule has 12 unspecified atom stereocenters. The van der Waals surface area contributed by atoms with Crippen molar-refractivity contribution in [3.05, 3.63) is 47.0 Å². The van der Waals surface area contributed by atoms with E-state index in [1.165, 1.54) is 13.8 Å². The van der Waals surface area contributed by atoms with Gasteiger partial charge in [0.25, 0.3) is 0 Å². The summed E-state index contributed by atoms with van der Waals surface area (Å²) >= 11 is 0. The molecule has 0 radical (unpaired) electrons. The topological polar surface area (TPSA) is 153 Å². The Morgan fingerprint density at radius 3 is 2.31 bits per heavy atom. The molecule has 5 rings (SSSR count). The van der Waals surface area contributed by atoms with Crippen molar-refractivity contribution in [3.63, 3.8) is 0 Å². The molecule has 1 heterocycles. The first-order chi connectivity index (χ1) is 18.3. The molecule has 0 bridgehead atoms. The van der Waals surface area contributed by atoms with Crippen molar-refractivity contribution in [2.75, 3.05) is 0 Å². The Kier molecular flexibility index (Phi) is 6.81. The third-order valence-electron chi connectivity index (χ3n) is 10.5. The predicted molar refractivity (Wildman–Crippen MR) is 140 cm³/mol. The number of amides is 1. The van der Waals surface area contributed by atoms with Crippen LogP contribution in [0.5, 0.6) is 0 Å². The molecule has 0 aromatic heterocycles. The van der Waals surface area contributed by atoms with E-state index in [1.54, 1.807) is 13.8 Å². The SMILES string of the molecule is CC(=O)OC1C2C(CC(C)C(O)(C(C)=O)C2O)C(O)C2C(O)C(C)=C(C)C3C(Cc4ccccc4)NC(=O)C132. The number of carbonyl (C=O) groups excluding carboxylic acids is 3. The van der Waals surface area contributed by atoms with E-state index >= 15 is 0 Å². The quantitative estimate of drug-likeness (QED) is 0.279. The number of aliphatic hydroxyl groups excluding tert-OH is 3. The molecule has 1 aliphatic heterocycles. The van der Waals surface area contributed by atoms with E-state index in [4.69, 9.17) is 4.74 Å². The third-order valence-corrected chi connectivity index (χ3v) is 10.5. The molecule has 9 heteroatoms. The average Bonchev–Trinajstić information content (AvgIpc) is 3.15. The fourth-order valence-corrected chi connectivity index (χ4v) is 8.70. The monoisotopic (exact) mass is 541 g/mol. The number of nitrogens with one attached hydrogen (secondary N) is 1. The van der Waals surface area contributed by atoms with Gasteiger partial charge in [-0.25, -0.2) is 0 Å². The summed E-state index contributed by atoms with van der Waals surface area (Å²) in [5.74, 6) is -6.00. The van der Waals surface area contributed by atoms with E-state index in [0.717, 1.165) is 11.1 Å². The zero-order valence-corrected chi connectivity index (χ0v) is 23.0. The smallest absolute Gasteiger partial charge is 0.302 e. The molecule has 39 heavy (non-hydrogen) atoms. The predicted octanol–water partition coefficient (Wildman–Crippen LogP) is 0.917. The van der Waals surface area contributed by atoms with Crippen LogP contribution in [0, 0.1) is 35.0 Å². The lowest BCUT2D eigenvalue weighted by Crippen LogP contribution is -2.75. The lowest BCUT2D eigenvalue weighted by Gasteiger charge is -2.63. The summed E-state index contributed by atoms with van der Waals surface area (Å²) in [6.07, 6.45) is -4.87. The van der Waals surface area contributed by atoms with Crippen LogP contribution in [0.15, 0.2) is 41.5 Å². The number of hydrogen-bond acceptors (Lipinski definition) is 8. The first-order valence-electron chi connectivity index (χ1n) is 13.8. The Bertz CT molecular complexity index is 1210. The van der Waals surface area contributed by atoms with Crippen LogP contribution in [0.2, 0.25) is 0 Å². The van der Waals surface area contributed by atoms with Crippen molar-refractivity contribution in [1.29, 1.82) is 0 Å². The summed E-state index contributed by atoms with van der Waals surface area (Å²) in [6.45, 7) is 7.67. The minimum Gasteiger partial charge on any atom is -0.461 e. The van der Waals surface area contributed by atoms with Crippen LogP contribution >= 0.6 is 0 Å². The van der Waals surface area contributed by atoms with E-state index < -0.39 is 88.7 Å². The van der Waals surface area contributed by atoms with Gasteiger partial charge in [0.15, 0.2) is 11.4 Å². The van der Waals surface area contributed by atoms with Crippen molar-refractivity contribution in [1.82, 2.24) is 5.32 Å². The maximum absolute atomic E-state index is 14.3. The summed E-state index contributed by atoms with van der Waals surface area (Å²) in [4.78, 5) is 39.6. The number of carbonyl (C=O) groups is 3. The molecular weight excluding hydrogens is 502 g/mol. The molecule has 2 saturated carbocycles. The van der Waals surface area contributed by atoms with Crippen LogP contribution in [-0.2, 0) is 25.5 Å². The molecule has 1 aromatic rings. The summed E-state index contributed by atoms with van der Waals surface area (Å²) in [6, 6.07) is 9.16. The minimum absolute atomic E-state index is 0.136. The summed E-state index contributed by atoms with van der Waals surface area (Å²) in [7, 11) is 0. The van der Waals surface area contributed by atoms with Crippen LogP contribution in [0.4, 0.5) is 0 Å². The van der Waals surface area contributed by atoms with E-state index in [-0.39, 0.29) is 6.42 Å². The van der Waals surface area contributed by atoms with E-state index in [2.05, 4.69) is 5.32 Å². The first-order valence-corrected chi connectivity index (χ1v) is 13.8. The highest BCUT2D eigenvalue weighted by Gasteiger charge is 2.77. The third kappa shape index (κ3) is 3.70. The number of fused-ring (bicyclic) bond motifs is 1. The molecule has 12 atom stereocenters. The molecule has 1 spiro atoms. The highest BCUT2D eigenvalue weighted by Crippen LogP contribution is 2.65. The fourth-order valence-electron chi connectivity index (χ4n) is 8.70. The van der Waals surface area contributed by atoms with Gasteiger partial charge >= 0.3 is 5.97 Å². The van der Waals surface area contributed by atoms with Crippen LogP contribution in [0.1, 0.15) is 46.6 Å². The molecule has 4 aliphatic rings. The summed E-state index contributed by atoms with van der Waals surface area (Å²) < 4.78 is 5.94. The summed E-state index contributed by atoms with van der Waals surface area (Å²) in [5.41, 5.74) is -1.40. The number of rotatable bonds is 4. The minimum atomic E-state index is -2.15. The molecule has 1 saturated heterocycles. The number of hydrogen-bond donors (Lipinski definition) is 5. The zero-order chi connectivity index (χ0) is 28.6. The van der Waals surface area contributed by atoms with Crippen LogP contribution in [0.25, 0.3) is 0 Å². The largest absolute Gasteiger partial charge is 0.461 e. The average molecular weight is 542 g/mol. The maximum Gasteiger partial charge on any atom is 0.302 e. The number of ether oxygens (including phenoxy) is 1. The van der Waals surface area contributed by atoms with E-state index in [0.29, 0.717) is 12.0 Å². The number of ketones is 1. The molecule has 5 N–H and O–H groups in total. The molecule has 212 valence electrons. The molecular formula is C30H39NO8. The molecule has 3 aliphatic carbocycles. The second-order valence-electron chi connectivity index (χ2n) is 12.2. The molecule has 3 fully saturated rings. The van der Waals surface area contributed by atoms with Crippen molar-refractivity contribution < 1.29 is 39.5 Å². The van der Waals surface area contributed by atoms with Gasteiger partial charge in [0.05, 0.1) is 18.3 Å². The van der Waals surface area contributed by atoms with Crippen molar-refractivity contribution in [2.45, 2.75) is 83.5 Å². The normalized spacial score (nSPS) is 45.1. The van der Waals surface area contributed by atoms with Gasteiger partial charge in [0.2, 0.25) is 5.91 Å². The Hall–Kier alpha value is -2.59. The second kappa shape index (κ2) is 9.51. The van der Waals surface area contributed by atoms with Gasteiger partial charge in [-0.15, -0.1) is 0 Å². The number of benzene rings is 1. The zero-order valence-electron chi connectivity index (χ0n) is 23.0. The number of Topliss-reactive ketones (excluding diaryl/α,β-unsaturated/α-hetero) is 1. The van der Waals surface area contributed by atoms with Gasteiger partial charge < -0.3 is 30.5 Å². The lowest BCUT2D eigenvalue weighted by molar-refractivity contribution is -0.267. The molecule has 1 amide bonds. The molecule has 9 nitrogen and oxygen atoms in total. The van der Waals surface area contributed by atoms with Gasteiger partial charge in [-0.1, -0.05) is 42.8 Å². The second-order valence-corrected chi connectivity index (χ2v) is 12.2. The van der Waals surface area contributed by atoms with Gasteiger partial charge in [-0.2, -0.15) is 0 Å². The lowest BCUT2D eigenvalue weighted by atomic mass is 9.43. The highest BCUT2D eigenvalue weighted by molar-refractivity contribution is 5.90. The van der Waals surface area contributed by atoms with Gasteiger partial charge in [-0.3, -0.25) is 14.4 Å². The van der Waals surface area contributed by atoms with Crippen LogP contribution in [-0.4, -0.2) is 74.1 Å². The Morgan fingerprint density at radius 1 is 1.08 bits per heavy atom. The van der Waals surface area contributed by atoms with Crippen LogP contribution < -0.4 is 5.32 Å².